The number of hydrogen-bond donors (Lipinski definition) is 4. The fourth-order valence-electron chi connectivity index (χ4n) is 5.09. The molecule has 4 N–H and O–H groups in total. The molecule has 2 bridgehead atoms. The van der Waals surface area contributed by atoms with Crippen molar-refractivity contribution in [3.05, 3.63) is 98.5 Å². The van der Waals surface area contributed by atoms with Crippen molar-refractivity contribution in [1.82, 2.24) is 35.6 Å². The van der Waals surface area contributed by atoms with Crippen molar-refractivity contribution in [1.29, 1.82) is 0 Å². The third-order valence-electron chi connectivity index (χ3n) is 7.59. The molecule has 1 aliphatic rings. The van der Waals surface area contributed by atoms with Crippen LogP contribution in [-0.4, -0.2) is 56.6 Å². The number of aromatic nitrogens is 3. The van der Waals surface area contributed by atoms with Gasteiger partial charge in [-0.05, 0) is 42.9 Å². The fourth-order valence-corrected chi connectivity index (χ4v) is 6.11. The Labute approximate surface area is 263 Å². The van der Waals surface area contributed by atoms with Gasteiger partial charge in [0.2, 0.25) is 11.8 Å². The second-order valence-electron chi connectivity index (χ2n) is 11.2. The molecule has 0 unspecified atom stereocenters. The topological polar surface area (TPSA) is 164 Å². The zero-order valence-electron chi connectivity index (χ0n) is 25.0. The van der Waals surface area contributed by atoms with Crippen LogP contribution in [0, 0.1) is 5.92 Å². The van der Waals surface area contributed by atoms with Crippen LogP contribution in [-0.2, 0) is 16.0 Å². The minimum Gasteiger partial charge on any atom is -0.354 e. The van der Waals surface area contributed by atoms with Crippen LogP contribution in [0.5, 0.6) is 0 Å². The number of nitrogens with zero attached hydrogens (tertiary/aromatic N) is 3. The van der Waals surface area contributed by atoms with Crippen molar-refractivity contribution in [2.24, 2.45) is 5.92 Å². The van der Waals surface area contributed by atoms with E-state index in [-0.39, 0.29) is 29.5 Å². The summed E-state index contributed by atoms with van der Waals surface area (Å²) in [6.45, 7) is 4.13. The summed E-state index contributed by atoms with van der Waals surface area (Å²) in [5, 5.41) is 13.6. The third kappa shape index (κ3) is 7.60. The van der Waals surface area contributed by atoms with Crippen LogP contribution in [0.15, 0.2) is 71.1 Å². The van der Waals surface area contributed by atoms with E-state index in [1.54, 1.807) is 23.6 Å². The highest BCUT2D eigenvalue weighted by Gasteiger charge is 2.30. The minimum atomic E-state index is -0.980. The summed E-state index contributed by atoms with van der Waals surface area (Å²) < 4.78 is 1.27. The molecule has 0 aliphatic carbocycles. The molecule has 0 radical (unpaired) electrons. The lowest BCUT2D eigenvalue weighted by Crippen LogP contribution is -2.50. The van der Waals surface area contributed by atoms with Crippen molar-refractivity contribution >= 4 is 40.6 Å². The van der Waals surface area contributed by atoms with Gasteiger partial charge in [0.25, 0.3) is 17.4 Å². The predicted molar refractivity (Wildman–Crippen MR) is 169 cm³/mol. The first-order chi connectivity index (χ1) is 21.7. The summed E-state index contributed by atoms with van der Waals surface area (Å²) in [6.07, 6.45) is 4.29. The minimum absolute atomic E-state index is 0.0998. The van der Waals surface area contributed by atoms with Gasteiger partial charge in [0.05, 0.1) is 6.04 Å². The molecular weight excluding hydrogens is 594 g/mol. The molecule has 4 aromatic rings. The molecule has 0 saturated heterocycles. The molecule has 1 aromatic carbocycles. The Morgan fingerprint density at radius 3 is 2.58 bits per heavy atom. The lowest BCUT2D eigenvalue weighted by molar-refractivity contribution is -0.124. The molecule has 0 spiro atoms. The molecule has 0 fully saturated rings. The zero-order valence-corrected chi connectivity index (χ0v) is 25.8. The maximum atomic E-state index is 13.6. The third-order valence-corrected chi connectivity index (χ3v) is 8.52. The van der Waals surface area contributed by atoms with Crippen LogP contribution in [0.4, 0.5) is 0 Å². The number of thiazole rings is 1. The van der Waals surface area contributed by atoms with Gasteiger partial charge < -0.3 is 21.3 Å². The van der Waals surface area contributed by atoms with E-state index in [1.807, 2.05) is 44.2 Å². The molecule has 1 aliphatic heterocycles. The molecule has 234 valence electrons. The Balaban J connectivity index is 1.39. The first-order valence-corrected chi connectivity index (χ1v) is 15.7. The smallest absolute Gasteiger partial charge is 0.271 e. The number of fused-ring (bicyclic) bond motifs is 3. The van der Waals surface area contributed by atoms with Gasteiger partial charge in [0.15, 0.2) is 0 Å². The monoisotopic (exact) mass is 629 g/mol. The molecule has 3 aromatic heterocycles. The maximum absolute atomic E-state index is 13.6. The number of rotatable bonds is 5. The highest BCUT2D eigenvalue weighted by Crippen LogP contribution is 2.26. The first-order valence-electron chi connectivity index (χ1n) is 14.9. The van der Waals surface area contributed by atoms with Crippen molar-refractivity contribution in [3.8, 4) is 0 Å². The molecule has 3 atom stereocenters. The molecule has 13 heteroatoms. The van der Waals surface area contributed by atoms with E-state index in [0.717, 1.165) is 5.56 Å². The number of carbonyl (C=O) groups is 4. The van der Waals surface area contributed by atoms with Gasteiger partial charge >= 0.3 is 0 Å². The van der Waals surface area contributed by atoms with E-state index in [4.69, 9.17) is 0 Å². The first kappa shape index (κ1) is 31.5. The van der Waals surface area contributed by atoms with E-state index in [0.29, 0.717) is 36.5 Å². The average molecular weight is 630 g/mol. The Morgan fingerprint density at radius 2 is 1.80 bits per heavy atom. The van der Waals surface area contributed by atoms with Crippen LogP contribution in [0.1, 0.15) is 70.6 Å². The summed E-state index contributed by atoms with van der Waals surface area (Å²) in [4.78, 5) is 75.1. The molecule has 4 amide bonds. The van der Waals surface area contributed by atoms with Gasteiger partial charge in [-0.15, -0.1) is 11.3 Å². The Bertz CT molecular complexity index is 1750. The Kier molecular flexibility index (Phi) is 9.98. The van der Waals surface area contributed by atoms with Crippen LogP contribution in [0.2, 0.25) is 0 Å². The Hall–Kier alpha value is -4.91. The van der Waals surface area contributed by atoms with Gasteiger partial charge in [0, 0.05) is 30.7 Å². The summed E-state index contributed by atoms with van der Waals surface area (Å²) in [7, 11) is 0. The van der Waals surface area contributed by atoms with Crippen LogP contribution < -0.4 is 26.8 Å². The van der Waals surface area contributed by atoms with Crippen LogP contribution >= 0.6 is 11.3 Å². The lowest BCUT2D eigenvalue weighted by Gasteiger charge is -2.25. The number of nitrogens with one attached hydrogen (secondary N) is 4. The van der Waals surface area contributed by atoms with E-state index in [9.17, 15) is 24.0 Å². The van der Waals surface area contributed by atoms with Crippen molar-refractivity contribution in [3.63, 3.8) is 0 Å². The number of hydrogen-bond acceptors (Lipinski definition) is 8. The fraction of sp³-hybridized carbons (Fsp3) is 0.344. The SMILES string of the molecule is CC(C)[C@H]1NC(=O)[C@@H](NC(=O)c2cnc3ccccn3c2=O)CCCCNC(=O)[C@@H](Cc2ccccc2)NC(=O)c2csc1n2. The van der Waals surface area contributed by atoms with Gasteiger partial charge in [0.1, 0.15) is 34.0 Å². The Morgan fingerprint density at radius 1 is 1.02 bits per heavy atom. The predicted octanol–water partition coefficient (Wildman–Crippen LogP) is 2.40. The molecule has 45 heavy (non-hydrogen) atoms. The zero-order chi connectivity index (χ0) is 31.9. The highest BCUT2D eigenvalue weighted by molar-refractivity contribution is 7.09. The van der Waals surface area contributed by atoms with Gasteiger partial charge in [-0.3, -0.25) is 28.4 Å². The molecule has 5 rings (SSSR count). The normalized spacial score (nSPS) is 19.9. The van der Waals surface area contributed by atoms with Gasteiger partial charge in [-0.1, -0.05) is 50.2 Å². The molecule has 4 heterocycles. The lowest BCUT2D eigenvalue weighted by atomic mass is 10.0. The van der Waals surface area contributed by atoms with Gasteiger partial charge in [-0.25, -0.2) is 9.97 Å². The molecule has 0 saturated carbocycles. The number of amides is 4. The van der Waals surface area contributed by atoms with E-state index >= 15 is 0 Å². The van der Waals surface area contributed by atoms with E-state index in [1.165, 1.54) is 28.1 Å². The van der Waals surface area contributed by atoms with Crippen molar-refractivity contribution in [2.75, 3.05) is 6.54 Å². The van der Waals surface area contributed by atoms with Crippen molar-refractivity contribution < 1.29 is 19.2 Å². The number of pyridine rings is 1. The number of benzene rings is 1. The number of carbonyl (C=O) groups excluding carboxylic acids is 4. The largest absolute Gasteiger partial charge is 0.354 e. The summed E-state index contributed by atoms with van der Waals surface area (Å²) in [6, 6.07) is 12.1. The second-order valence-corrected chi connectivity index (χ2v) is 12.1. The average Bonchev–Trinajstić information content (AvgIpc) is 3.52. The summed E-state index contributed by atoms with van der Waals surface area (Å²) in [5.41, 5.74) is 0.695. The highest BCUT2D eigenvalue weighted by atomic mass is 32.1. The van der Waals surface area contributed by atoms with Crippen LogP contribution in [0.25, 0.3) is 5.65 Å². The van der Waals surface area contributed by atoms with Crippen LogP contribution in [0.3, 0.4) is 0 Å². The summed E-state index contributed by atoms with van der Waals surface area (Å²) >= 11 is 1.23. The molecular formula is C32H35N7O5S. The second kappa shape index (κ2) is 14.2. The standard InChI is InChI=1S/C32H35N7O5S/c1-19(2)26-31-37-24(18-45-31)30(43)36-23(16-20-10-4-3-5-11-20)28(41)33-14-8-6-12-22(29(42)38-26)35-27(40)21-17-34-25-13-7-9-15-39(25)32(21)44/h3-5,7,9-11,13,15,17-19,22-23,26H,6,8,12,14,16H2,1-2H3,(H,33,41)(H,35,40)(H,36,43)(H,38,42)/t22-,23+,26+/m0/s1. The van der Waals surface area contributed by atoms with Crippen molar-refractivity contribution in [2.45, 2.75) is 57.7 Å². The van der Waals surface area contributed by atoms with E-state index in [2.05, 4.69) is 31.2 Å². The summed E-state index contributed by atoms with van der Waals surface area (Å²) in [5.74, 6) is -2.09. The van der Waals surface area contributed by atoms with Gasteiger partial charge in [-0.2, -0.15) is 0 Å². The van der Waals surface area contributed by atoms with E-state index < -0.39 is 41.4 Å². The quantitative estimate of drug-likeness (QED) is 0.263. The maximum Gasteiger partial charge on any atom is 0.271 e. The molecule has 12 nitrogen and oxygen atoms in total.